The zero-order valence-corrected chi connectivity index (χ0v) is 14.7. The highest BCUT2D eigenvalue weighted by Crippen LogP contribution is 2.29. The van der Waals surface area contributed by atoms with Gasteiger partial charge in [-0.1, -0.05) is 24.6 Å². The minimum absolute atomic E-state index is 0.813. The number of halogens is 1. The summed E-state index contributed by atoms with van der Waals surface area (Å²) in [4.78, 5) is 6.77. The molecule has 4 heteroatoms. The molecule has 1 aromatic carbocycles. The van der Waals surface area contributed by atoms with Crippen LogP contribution < -0.4 is 10.2 Å². The van der Waals surface area contributed by atoms with Crippen LogP contribution in [0.3, 0.4) is 0 Å². The number of benzene rings is 1. The normalized spacial score (nSPS) is 10.7. The molecule has 1 N–H and O–H groups in total. The lowest BCUT2D eigenvalue weighted by Crippen LogP contribution is -2.19. The molecule has 0 radical (unpaired) electrons. The maximum Gasteiger partial charge on any atom is 0.137 e. The van der Waals surface area contributed by atoms with Crippen LogP contribution in [0.2, 0.25) is 0 Å². The first-order chi connectivity index (χ1) is 10.0. The van der Waals surface area contributed by atoms with Crippen LogP contribution in [0.15, 0.2) is 34.9 Å². The van der Waals surface area contributed by atoms with Gasteiger partial charge in [-0.25, -0.2) is 4.98 Å². The van der Waals surface area contributed by atoms with Gasteiger partial charge >= 0.3 is 0 Å². The summed E-state index contributed by atoms with van der Waals surface area (Å²) in [6, 6.07) is 8.63. The number of aryl methyl sites for hydroxylation is 2. The van der Waals surface area contributed by atoms with Crippen LogP contribution in [0.5, 0.6) is 0 Å². The van der Waals surface area contributed by atoms with Crippen LogP contribution in [0.4, 0.5) is 11.5 Å². The third-order valence-corrected chi connectivity index (χ3v) is 3.94. The van der Waals surface area contributed by atoms with Gasteiger partial charge in [0.15, 0.2) is 0 Å². The summed E-state index contributed by atoms with van der Waals surface area (Å²) in [6.45, 7) is 8.12. The number of rotatable bonds is 5. The summed E-state index contributed by atoms with van der Waals surface area (Å²) in [5, 5.41) is 3.37. The predicted octanol–water partition coefficient (Wildman–Crippen LogP) is 4.34. The zero-order chi connectivity index (χ0) is 15.4. The van der Waals surface area contributed by atoms with Gasteiger partial charge in [-0.05, 0) is 54.0 Å². The maximum atomic E-state index is 4.61. The van der Waals surface area contributed by atoms with Crippen molar-refractivity contribution in [2.75, 3.05) is 18.5 Å². The highest BCUT2D eigenvalue weighted by atomic mass is 79.9. The van der Waals surface area contributed by atoms with Gasteiger partial charge in [-0.3, -0.25) is 0 Å². The van der Waals surface area contributed by atoms with Crippen molar-refractivity contribution in [3.05, 3.63) is 51.6 Å². The van der Waals surface area contributed by atoms with Crippen molar-refractivity contribution in [1.82, 2.24) is 10.3 Å². The summed E-state index contributed by atoms with van der Waals surface area (Å²) in [6.07, 6.45) is 1.85. The smallest absolute Gasteiger partial charge is 0.137 e. The molecule has 3 nitrogen and oxygen atoms in total. The van der Waals surface area contributed by atoms with Crippen molar-refractivity contribution < 1.29 is 0 Å². The Morgan fingerprint density at radius 2 is 2.00 bits per heavy atom. The number of nitrogens with one attached hydrogen (secondary N) is 1. The van der Waals surface area contributed by atoms with Crippen LogP contribution >= 0.6 is 15.9 Å². The first kappa shape index (κ1) is 16.0. The largest absolute Gasteiger partial charge is 0.329 e. The maximum absolute atomic E-state index is 4.61. The Bertz CT molecular complexity index is 625. The zero-order valence-electron chi connectivity index (χ0n) is 13.1. The number of hydrogen-bond donors (Lipinski definition) is 1. The molecule has 1 aromatic heterocycles. The lowest BCUT2D eigenvalue weighted by molar-refractivity contribution is 0.723. The topological polar surface area (TPSA) is 28.2 Å². The molecule has 0 bridgehead atoms. The van der Waals surface area contributed by atoms with E-state index in [4.69, 9.17) is 0 Å². The van der Waals surface area contributed by atoms with Crippen molar-refractivity contribution in [2.24, 2.45) is 0 Å². The summed E-state index contributed by atoms with van der Waals surface area (Å²) in [5.74, 6) is 0.992. The van der Waals surface area contributed by atoms with E-state index in [1.54, 1.807) is 0 Å². The van der Waals surface area contributed by atoms with Crippen molar-refractivity contribution >= 4 is 27.4 Å². The van der Waals surface area contributed by atoms with E-state index in [0.29, 0.717) is 0 Å². The molecule has 0 aliphatic rings. The molecule has 0 aliphatic heterocycles. The highest BCUT2D eigenvalue weighted by Gasteiger charge is 2.13. The Morgan fingerprint density at radius 3 is 2.67 bits per heavy atom. The summed E-state index contributed by atoms with van der Waals surface area (Å²) in [5.41, 5.74) is 4.92. The number of nitrogens with zero attached hydrogens (tertiary/aromatic N) is 2. The molecule has 2 aromatic rings. The molecule has 0 amide bonds. The fourth-order valence-electron chi connectivity index (χ4n) is 2.46. The Kier molecular flexibility index (Phi) is 5.37. The van der Waals surface area contributed by atoms with Crippen LogP contribution in [-0.4, -0.2) is 18.6 Å². The van der Waals surface area contributed by atoms with Gasteiger partial charge in [-0.15, -0.1) is 0 Å². The second-order valence-corrected chi connectivity index (χ2v) is 6.18. The second kappa shape index (κ2) is 7.05. The molecule has 0 unspecified atom stereocenters. The lowest BCUT2D eigenvalue weighted by Gasteiger charge is -2.23. The van der Waals surface area contributed by atoms with Crippen molar-refractivity contribution in [1.29, 1.82) is 0 Å². The molecule has 112 valence electrons. The van der Waals surface area contributed by atoms with E-state index in [1.807, 2.05) is 6.20 Å². The van der Waals surface area contributed by atoms with E-state index in [2.05, 4.69) is 83.2 Å². The van der Waals surface area contributed by atoms with Crippen molar-refractivity contribution in [3.63, 3.8) is 0 Å². The number of anilines is 2. The van der Waals surface area contributed by atoms with Crippen LogP contribution in [-0.2, 0) is 6.54 Å². The van der Waals surface area contributed by atoms with Gasteiger partial charge in [0.1, 0.15) is 5.82 Å². The SMILES string of the molecule is CCNCc1cc(Br)cnc1N(C)c1ccc(C)cc1C. The van der Waals surface area contributed by atoms with Gasteiger partial charge in [-0.2, -0.15) is 0 Å². The average Bonchev–Trinajstić information content (AvgIpc) is 2.44. The van der Waals surface area contributed by atoms with Crippen molar-refractivity contribution in [3.8, 4) is 0 Å². The first-order valence-electron chi connectivity index (χ1n) is 7.19. The van der Waals surface area contributed by atoms with Gasteiger partial charge in [0.05, 0.1) is 0 Å². The number of aromatic nitrogens is 1. The van der Waals surface area contributed by atoms with E-state index in [0.717, 1.165) is 23.4 Å². The first-order valence-corrected chi connectivity index (χ1v) is 7.98. The monoisotopic (exact) mass is 347 g/mol. The molecule has 0 saturated carbocycles. The van der Waals surface area contributed by atoms with Gasteiger partial charge in [0, 0.05) is 35.5 Å². The molecule has 0 atom stereocenters. The molecule has 0 fully saturated rings. The fraction of sp³-hybridized carbons (Fsp3) is 0.353. The Morgan fingerprint density at radius 1 is 1.24 bits per heavy atom. The molecule has 2 rings (SSSR count). The predicted molar refractivity (Wildman–Crippen MR) is 93.3 cm³/mol. The second-order valence-electron chi connectivity index (χ2n) is 5.27. The minimum Gasteiger partial charge on any atom is -0.329 e. The summed E-state index contributed by atoms with van der Waals surface area (Å²) < 4.78 is 1.01. The van der Waals surface area contributed by atoms with E-state index in [1.165, 1.54) is 22.4 Å². The van der Waals surface area contributed by atoms with Gasteiger partial charge < -0.3 is 10.2 Å². The number of hydrogen-bond acceptors (Lipinski definition) is 3. The third kappa shape index (κ3) is 3.83. The fourth-order valence-corrected chi connectivity index (χ4v) is 2.84. The molecule has 0 spiro atoms. The molecule has 1 heterocycles. The molecule has 0 saturated heterocycles. The Balaban J connectivity index is 2.39. The lowest BCUT2D eigenvalue weighted by atomic mass is 10.1. The summed E-state index contributed by atoms with van der Waals surface area (Å²) in [7, 11) is 2.07. The van der Waals surface area contributed by atoms with Crippen molar-refractivity contribution in [2.45, 2.75) is 27.3 Å². The number of pyridine rings is 1. The van der Waals surface area contributed by atoms with E-state index in [9.17, 15) is 0 Å². The van der Waals surface area contributed by atoms with Crippen LogP contribution in [0.1, 0.15) is 23.6 Å². The average molecular weight is 348 g/mol. The van der Waals surface area contributed by atoms with Crippen LogP contribution in [0, 0.1) is 13.8 Å². The van der Waals surface area contributed by atoms with Crippen LogP contribution in [0.25, 0.3) is 0 Å². The van der Waals surface area contributed by atoms with E-state index < -0.39 is 0 Å². The molecular formula is C17H22BrN3. The highest BCUT2D eigenvalue weighted by molar-refractivity contribution is 9.10. The van der Waals surface area contributed by atoms with Gasteiger partial charge in [0.25, 0.3) is 0 Å². The van der Waals surface area contributed by atoms with Gasteiger partial charge in [0.2, 0.25) is 0 Å². The minimum atomic E-state index is 0.813. The van der Waals surface area contributed by atoms with E-state index in [-0.39, 0.29) is 0 Å². The van der Waals surface area contributed by atoms with E-state index >= 15 is 0 Å². The summed E-state index contributed by atoms with van der Waals surface area (Å²) >= 11 is 3.51. The third-order valence-electron chi connectivity index (χ3n) is 3.51. The standard InChI is InChI=1S/C17H22BrN3/c1-5-19-10-14-9-15(18)11-20-17(14)21(4)16-7-6-12(2)8-13(16)3/h6-9,11,19H,5,10H2,1-4H3. The Hall–Kier alpha value is -1.39. The molecule has 21 heavy (non-hydrogen) atoms. The molecule has 0 aliphatic carbocycles. The Labute approximate surface area is 135 Å². The quantitative estimate of drug-likeness (QED) is 0.871. The molecular weight excluding hydrogens is 326 g/mol.